The van der Waals surface area contributed by atoms with Crippen LogP contribution in [0.3, 0.4) is 0 Å². The number of thiol groups is 1. The number of hydrogen-bond donors (Lipinski definition) is 2. The monoisotopic (exact) mass is 582 g/mol. The van der Waals surface area contributed by atoms with E-state index in [4.69, 9.17) is 5.73 Å². The summed E-state index contributed by atoms with van der Waals surface area (Å²) in [6.07, 6.45) is 52.4. The molecule has 0 rings (SSSR count). The van der Waals surface area contributed by atoms with Crippen LogP contribution in [0.1, 0.15) is 231 Å². The van der Waals surface area contributed by atoms with Gasteiger partial charge in [-0.3, -0.25) is 0 Å². The van der Waals surface area contributed by atoms with Gasteiger partial charge in [0, 0.05) is 0 Å². The largest absolute Gasteiger partial charge is 0.330 e. The van der Waals surface area contributed by atoms with Crippen LogP contribution >= 0.6 is 12.6 Å². The molecule has 0 saturated heterocycles. The summed E-state index contributed by atoms with van der Waals surface area (Å²) in [5.41, 5.74) is 5.55. The third-order valence-corrected chi connectivity index (χ3v) is 9.43. The normalized spacial score (nSPS) is 11.6. The third-order valence-electron chi connectivity index (χ3n) is 9.11. The quantitative estimate of drug-likeness (QED) is 0.0553. The number of unbranched alkanes of at least 4 members (excludes halogenated alkanes) is 35. The van der Waals surface area contributed by atoms with E-state index in [2.05, 4.69) is 12.6 Å². The Labute approximate surface area is 261 Å². The maximum absolute atomic E-state index is 5.55. The zero-order valence-electron chi connectivity index (χ0n) is 27.9. The van der Waals surface area contributed by atoms with Gasteiger partial charge in [0.2, 0.25) is 0 Å². The van der Waals surface area contributed by atoms with E-state index in [9.17, 15) is 0 Å². The average Bonchev–Trinajstić information content (AvgIpc) is 2.97. The van der Waals surface area contributed by atoms with Gasteiger partial charge in [-0.15, -0.1) is 0 Å². The SMILES string of the molecule is NCCCCCCCCCCCCCCCCCCCCCCCCCCCCCCCCCCCCCCS. The van der Waals surface area contributed by atoms with Gasteiger partial charge in [-0.25, -0.2) is 0 Å². The van der Waals surface area contributed by atoms with Gasteiger partial charge in [0.15, 0.2) is 0 Å². The zero-order valence-corrected chi connectivity index (χ0v) is 28.8. The first-order valence-electron chi connectivity index (χ1n) is 19.2. The molecule has 0 fully saturated rings. The molecule has 1 nitrogen and oxygen atoms in total. The average molecular weight is 582 g/mol. The lowest BCUT2D eigenvalue weighted by atomic mass is 10.0. The Hall–Kier alpha value is 0.310. The second-order valence-electron chi connectivity index (χ2n) is 13.2. The van der Waals surface area contributed by atoms with Crippen LogP contribution in [0.15, 0.2) is 0 Å². The van der Waals surface area contributed by atoms with Gasteiger partial charge in [-0.05, 0) is 25.1 Å². The molecule has 0 amide bonds. The van der Waals surface area contributed by atoms with E-state index in [1.54, 1.807) is 0 Å². The van der Waals surface area contributed by atoms with Crippen LogP contribution in [0, 0.1) is 0 Å². The second kappa shape index (κ2) is 39.3. The highest BCUT2D eigenvalue weighted by Crippen LogP contribution is 2.17. The molecule has 2 N–H and O–H groups in total. The van der Waals surface area contributed by atoms with E-state index >= 15 is 0 Å². The maximum Gasteiger partial charge on any atom is -0.00773 e. The van der Waals surface area contributed by atoms with E-state index < -0.39 is 0 Å². The van der Waals surface area contributed by atoms with Gasteiger partial charge in [-0.1, -0.05) is 218 Å². The summed E-state index contributed by atoms with van der Waals surface area (Å²) in [6, 6.07) is 0. The van der Waals surface area contributed by atoms with E-state index in [1.165, 1.54) is 231 Å². The molecule has 0 bridgehead atoms. The minimum atomic E-state index is 0.874. The van der Waals surface area contributed by atoms with Crippen molar-refractivity contribution in [1.29, 1.82) is 0 Å². The van der Waals surface area contributed by atoms with E-state index in [1.807, 2.05) is 0 Å². The predicted molar refractivity (Wildman–Crippen MR) is 189 cm³/mol. The molecule has 0 atom stereocenters. The van der Waals surface area contributed by atoms with Crippen LogP contribution < -0.4 is 5.73 Å². The molecule has 0 aromatic rings. The summed E-state index contributed by atoms with van der Waals surface area (Å²) >= 11 is 4.29. The fourth-order valence-electron chi connectivity index (χ4n) is 6.27. The highest BCUT2D eigenvalue weighted by molar-refractivity contribution is 7.80. The van der Waals surface area contributed by atoms with Crippen molar-refractivity contribution in [2.75, 3.05) is 12.3 Å². The lowest BCUT2D eigenvalue weighted by molar-refractivity contribution is 0.510. The fourth-order valence-corrected chi connectivity index (χ4v) is 6.49. The third kappa shape index (κ3) is 38.3. The molecule has 242 valence electrons. The zero-order chi connectivity index (χ0) is 28.9. The Balaban J connectivity index is 3.01. The second-order valence-corrected chi connectivity index (χ2v) is 13.7. The maximum atomic E-state index is 5.55. The Bertz CT molecular complexity index is 374. The molecule has 0 heterocycles. The van der Waals surface area contributed by atoms with Crippen molar-refractivity contribution in [2.45, 2.75) is 231 Å². The van der Waals surface area contributed by atoms with Gasteiger partial charge >= 0.3 is 0 Å². The molecule has 2 heteroatoms. The van der Waals surface area contributed by atoms with Crippen LogP contribution in [-0.2, 0) is 0 Å². The molecule has 0 saturated carbocycles. The van der Waals surface area contributed by atoms with E-state index in [-0.39, 0.29) is 0 Å². The minimum absolute atomic E-state index is 0.874. The highest BCUT2D eigenvalue weighted by Gasteiger charge is 1.97. The summed E-state index contributed by atoms with van der Waals surface area (Å²) < 4.78 is 0. The van der Waals surface area contributed by atoms with Crippen LogP contribution in [0.4, 0.5) is 0 Å². The Morgan fingerprint density at radius 1 is 0.200 bits per heavy atom. The van der Waals surface area contributed by atoms with E-state index in [0.29, 0.717) is 0 Å². The Morgan fingerprint density at radius 2 is 0.325 bits per heavy atom. The van der Waals surface area contributed by atoms with Crippen LogP contribution in [0.5, 0.6) is 0 Å². The smallest absolute Gasteiger partial charge is 0.00773 e. The number of rotatable bonds is 37. The van der Waals surface area contributed by atoms with Crippen molar-refractivity contribution < 1.29 is 0 Å². The van der Waals surface area contributed by atoms with Crippen LogP contribution in [0.2, 0.25) is 0 Å². The molecule has 0 aliphatic carbocycles. The number of nitrogens with two attached hydrogens (primary N) is 1. The van der Waals surface area contributed by atoms with E-state index in [0.717, 1.165) is 12.3 Å². The highest BCUT2D eigenvalue weighted by atomic mass is 32.1. The Morgan fingerprint density at radius 3 is 0.450 bits per heavy atom. The summed E-state index contributed by atoms with van der Waals surface area (Å²) in [4.78, 5) is 0. The van der Waals surface area contributed by atoms with Crippen LogP contribution in [0.25, 0.3) is 0 Å². The molecule has 0 aliphatic rings. The summed E-state index contributed by atoms with van der Waals surface area (Å²) in [6.45, 7) is 0.874. The van der Waals surface area contributed by atoms with Crippen molar-refractivity contribution in [3.63, 3.8) is 0 Å². The van der Waals surface area contributed by atoms with Crippen molar-refractivity contribution in [3.8, 4) is 0 Å². The molecule has 40 heavy (non-hydrogen) atoms. The lowest BCUT2D eigenvalue weighted by Crippen LogP contribution is -1.97. The Kier molecular flexibility index (Phi) is 39.6. The van der Waals surface area contributed by atoms with Crippen molar-refractivity contribution in [2.24, 2.45) is 5.73 Å². The predicted octanol–water partition coefficient (Wildman–Crippen LogP) is 13.9. The molecule has 0 spiro atoms. The molecular formula is C38H79NS. The molecule has 0 aliphatic heterocycles. The van der Waals surface area contributed by atoms with Gasteiger partial charge < -0.3 is 5.73 Å². The standard InChI is InChI=1S/C38H79NS/c39-37-35-33-31-29-27-25-23-21-19-17-15-13-11-9-7-5-3-1-2-4-6-8-10-12-14-16-18-20-22-24-26-28-30-32-34-36-38-40/h40H,1-39H2. The molecule has 0 radical (unpaired) electrons. The summed E-state index contributed by atoms with van der Waals surface area (Å²) in [5, 5.41) is 0. The van der Waals surface area contributed by atoms with Crippen molar-refractivity contribution in [1.82, 2.24) is 0 Å². The van der Waals surface area contributed by atoms with Crippen molar-refractivity contribution in [3.05, 3.63) is 0 Å². The fraction of sp³-hybridized carbons (Fsp3) is 1.00. The molecule has 0 aromatic carbocycles. The summed E-state index contributed by atoms with van der Waals surface area (Å²) in [5.74, 6) is 1.07. The molecule has 0 unspecified atom stereocenters. The van der Waals surface area contributed by atoms with Gasteiger partial charge in [0.1, 0.15) is 0 Å². The summed E-state index contributed by atoms with van der Waals surface area (Å²) in [7, 11) is 0. The molecular weight excluding hydrogens is 502 g/mol. The first-order valence-corrected chi connectivity index (χ1v) is 19.9. The molecule has 0 aromatic heterocycles. The topological polar surface area (TPSA) is 26.0 Å². The minimum Gasteiger partial charge on any atom is -0.330 e. The number of hydrogen-bond acceptors (Lipinski definition) is 2. The van der Waals surface area contributed by atoms with Crippen LogP contribution in [-0.4, -0.2) is 12.3 Å². The van der Waals surface area contributed by atoms with Gasteiger partial charge in [-0.2, -0.15) is 12.6 Å². The first kappa shape index (κ1) is 40.3. The van der Waals surface area contributed by atoms with Crippen molar-refractivity contribution >= 4 is 12.6 Å². The van der Waals surface area contributed by atoms with Gasteiger partial charge in [0.25, 0.3) is 0 Å². The lowest BCUT2D eigenvalue weighted by Gasteiger charge is -2.05. The van der Waals surface area contributed by atoms with Gasteiger partial charge in [0.05, 0.1) is 0 Å². The first-order chi connectivity index (χ1) is 19.9.